The van der Waals surface area contributed by atoms with E-state index >= 15 is 0 Å². The minimum Gasteiger partial charge on any atom is -0.388 e. The van der Waals surface area contributed by atoms with Crippen LogP contribution in [0, 0.1) is 0 Å². The number of nitrogens with zero attached hydrogens (tertiary/aromatic N) is 1. The van der Waals surface area contributed by atoms with Crippen LogP contribution in [-0.2, 0) is 6.54 Å². The van der Waals surface area contributed by atoms with Crippen molar-refractivity contribution < 1.29 is 0 Å². The van der Waals surface area contributed by atoms with Crippen molar-refractivity contribution in [2.75, 3.05) is 32.5 Å². The van der Waals surface area contributed by atoms with Crippen molar-refractivity contribution in [3.63, 3.8) is 0 Å². The molecule has 0 aromatic heterocycles. The zero-order valence-corrected chi connectivity index (χ0v) is 8.96. The van der Waals surface area contributed by atoms with Gasteiger partial charge in [-0.25, -0.2) is 0 Å². The third-order valence-electron chi connectivity index (χ3n) is 2.24. The Kier molecular flexibility index (Phi) is 4.43. The smallest absolute Gasteiger partial charge is 0.0383 e. The average Bonchev–Trinajstić information content (AvgIpc) is 2.19. The van der Waals surface area contributed by atoms with Crippen LogP contribution in [0.3, 0.4) is 0 Å². The maximum absolute atomic E-state index is 5.50. The number of benzene rings is 1. The van der Waals surface area contributed by atoms with Crippen LogP contribution in [0.1, 0.15) is 5.56 Å². The average molecular weight is 193 g/mol. The Morgan fingerprint density at radius 3 is 2.71 bits per heavy atom. The lowest BCUT2D eigenvalue weighted by atomic mass is 10.1. The highest BCUT2D eigenvalue weighted by Gasteiger charge is 2.02. The SMILES string of the molecule is CNc1ccccc1CN(C)CCN. The zero-order chi connectivity index (χ0) is 10.4. The fourth-order valence-electron chi connectivity index (χ4n) is 1.49. The number of nitrogens with one attached hydrogen (secondary N) is 1. The van der Waals surface area contributed by atoms with Crippen molar-refractivity contribution in [3.05, 3.63) is 29.8 Å². The monoisotopic (exact) mass is 193 g/mol. The normalized spacial score (nSPS) is 10.6. The van der Waals surface area contributed by atoms with Crippen molar-refractivity contribution in [2.24, 2.45) is 5.73 Å². The van der Waals surface area contributed by atoms with E-state index < -0.39 is 0 Å². The van der Waals surface area contributed by atoms with Gasteiger partial charge in [0, 0.05) is 32.4 Å². The van der Waals surface area contributed by atoms with Gasteiger partial charge in [0.2, 0.25) is 0 Å². The number of rotatable bonds is 5. The summed E-state index contributed by atoms with van der Waals surface area (Å²) >= 11 is 0. The van der Waals surface area contributed by atoms with Crippen molar-refractivity contribution in [1.29, 1.82) is 0 Å². The van der Waals surface area contributed by atoms with Crippen LogP contribution >= 0.6 is 0 Å². The van der Waals surface area contributed by atoms with E-state index in [9.17, 15) is 0 Å². The van der Waals surface area contributed by atoms with Gasteiger partial charge in [-0.3, -0.25) is 0 Å². The van der Waals surface area contributed by atoms with Crippen LogP contribution in [0.5, 0.6) is 0 Å². The first-order chi connectivity index (χ1) is 6.77. The van der Waals surface area contributed by atoms with E-state index in [1.807, 2.05) is 13.1 Å². The summed E-state index contributed by atoms with van der Waals surface area (Å²) in [6, 6.07) is 8.33. The molecule has 3 N–H and O–H groups in total. The third-order valence-corrected chi connectivity index (χ3v) is 2.24. The fourth-order valence-corrected chi connectivity index (χ4v) is 1.49. The van der Waals surface area contributed by atoms with Crippen LogP contribution < -0.4 is 11.1 Å². The number of nitrogens with two attached hydrogens (primary N) is 1. The van der Waals surface area contributed by atoms with Gasteiger partial charge in [0.1, 0.15) is 0 Å². The molecular formula is C11H19N3. The van der Waals surface area contributed by atoms with Gasteiger partial charge in [0.05, 0.1) is 0 Å². The minimum absolute atomic E-state index is 0.707. The highest BCUT2D eigenvalue weighted by Crippen LogP contribution is 2.15. The first kappa shape index (κ1) is 11.0. The molecule has 0 aliphatic carbocycles. The summed E-state index contributed by atoms with van der Waals surface area (Å²) in [6.07, 6.45) is 0. The molecule has 3 nitrogen and oxygen atoms in total. The Morgan fingerprint density at radius 1 is 1.36 bits per heavy atom. The molecule has 0 amide bonds. The van der Waals surface area contributed by atoms with Crippen LogP contribution in [0.4, 0.5) is 5.69 Å². The molecule has 14 heavy (non-hydrogen) atoms. The largest absolute Gasteiger partial charge is 0.388 e. The topological polar surface area (TPSA) is 41.3 Å². The number of hydrogen-bond donors (Lipinski definition) is 2. The highest BCUT2D eigenvalue weighted by atomic mass is 15.1. The molecule has 0 aliphatic heterocycles. The Hall–Kier alpha value is -1.06. The van der Waals surface area contributed by atoms with E-state index in [1.165, 1.54) is 11.3 Å². The molecule has 0 aliphatic rings. The number of anilines is 1. The van der Waals surface area contributed by atoms with Gasteiger partial charge in [-0.1, -0.05) is 18.2 Å². The van der Waals surface area contributed by atoms with Crippen molar-refractivity contribution in [1.82, 2.24) is 4.90 Å². The van der Waals surface area contributed by atoms with Gasteiger partial charge < -0.3 is 16.0 Å². The highest BCUT2D eigenvalue weighted by molar-refractivity contribution is 5.50. The summed E-state index contributed by atoms with van der Waals surface area (Å²) < 4.78 is 0. The van der Waals surface area contributed by atoms with Gasteiger partial charge in [-0.2, -0.15) is 0 Å². The number of para-hydroxylation sites is 1. The zero-order valence-electron chi connectivity index (χ0n) is 8.96. The van der Waals surface area contributed by atoms with Gasteiger partial charge >= 0.3 is 0 Å². The second kappa shape index (κ2) is 5.62. The maximum atomic E-state index is 5.50. The Bertz CT molecular complexity index is 273. The second-order valence-electron chi connectivity index (χ2n) is 3.43. The molecule has 0 fully saturated rings. The predicted molar refractivity (Wildman–Crippen MR) is 61.4 cm³/mol. The first-order valence-corrected chi connectivity index (χ1v) is 4.92. The van der Waals surface area contributed by atoms with Gasteiger partial charge in [-0.05, 0) is 18.7 Å². The molecule has 0 bridgehead atoms. The molecule has 3 heteroatoms. The summed E-state index contributed by atoms with van der Waals surface area (Å²) in [5.74, 6) is 0. The van der Waals surface area contributed by atoms with Crippen molar-refractivity contribution in [2.45, 2.75) is 6.54 Å². The molecule has 0 heterocycles. The third kappa shape index (κ3) is 3.01. The summed E-state index contributed by atoms with van der Waals surface area (Å²) in [5.41, 5.74) is 8.00. The molecule has 78 valence electrons. The minimum atomic E-state index is 0.707. The van der Waals surface area contributed by atoms with Gasteiger partial charge in [-0.15, -0.1) is 0 Å². The Morgan fingerprint density at radius 2 is 2.07 bits per heavy atom. The predicted octanol–water partition coefficient (Wildman–Crippen LogP) is 1.12. The molecule has 1 aromatic rings. The molecule has 0 unspecified atom stereocenters. The first-order valence-electron chi connectivity index (χ1n) is 4.92. The Labute approximate surface area is 85.9 Å². The van der Waals surface area contributed by atoms with Crippen molar-refractivity contribution >= 4 is 5.69 Å². The van der Waals surface area contributed by atoms with Crippen LogP contribution in [0.15, 0.2) is 24.3 Å². The van der Waals surface area contributed by atoms with Gasteiger partial charge in [0.25, 0.3) is 0 Å². The Balaban J connectivity index is 2.65. The molecule has 0 saturated heterocycles. The molecule has 0 spiro atoms. The molecule has 0 saturated carbocycles. The standard InChI is InChI=1S/C11H19N3/c1-13-11-6-4-3-5-10(11)9-14(2)8-7-12/h3-6,13H,7-9,12H2,1-2H3. The van der Waals surface area contributed by atoms with E-state index in [2.05, 4.69) is 35.5 Å². The lowest BCUT2D eigenvalue weighted by Crippen LogP contribution is -2.25. The lowest BCUT2D eigenvalue weighted by molar-refractivity contribution is 0.337. The molecule has 1 rings (SSSR count). The molecule has 1 aromatic carbocycles. The molecule has 0 atom stereocenters. The van der Waals surface area contributed by atoms with E-state index in [0.29, 0.717) is 6.54 Å². The second-order valence-corrected chi connectivity index (χ2v) is 3.43. The number of likely N-dealkylation sites (N-methyl/N-ethyl adjacent to an activating group) is 1. The van der Waals surface area contributed by atoms with E-state index in [0.717, 1.165) is 13.1 Å². The maximum Gasteiger partial charge on any atom is 0.0383 e. The van der Waals surface area contributed by atoms with Gasteiger partial charge in [0.15, 0.2) is 0 Å². The van der Waals surface area contributed by atoms with Crippen LogP contribution in [0.2, 0.25) is 0 Å². The lowest BCUT2D eigenvalue weighted by Gasteiger charge is -2.17. The van der Waals surface area contributed by atoms with Crippen LogP contribution in [-0.4, -0.2) is 32.1 Å². The summed E-state index contributed by atoms with van der Waals surface area (Å²) in [6.45, 7) is 2.57. The van der Waals surface area contributed by atoms with E-state index in [4.69, 9.17) is 5.73 Å². The molecular weight excluding hydrogens is 174 g/mol. The van der Waals surface area contributed by atoms with Crippen molar-refractivity contribution in [3.8, 4) is 0 Å². The van der Waals surface area contributed by atoms with Crippen LogP contribution in [0.25, 0.3) is 0 Å². The van der Waals surface area contributed by atoms with E-state index in [1.54, 1.807) is 0 Å². The number of hydrogen-bond acceptors (Lipinski definition) is 3. The summed E-state index contributed by atoms with van der Waals surface area (Å²) in [4.78, 5) is 2.22. The van der Waals surface area contributed by atoms with E-state index in [-0.39, 0.29) is 0 Å². The fraction of sp³-hybridized carbons (Fsp3) is 0.455. The summed E-state index contributed by atoms with van der Waals surface area (Å²) in [5, 5.41) is 3.19. The molecule has 0 radical (unpaired) electrons. The quantitative estimate of drug-likeness (QED) is 0.736. The summed E-state index contributed by atoms with van der Waals surface area (Å²) in [7, 11) is 4.03.